The zero-order valence-corrected chi connectivity index (χ0v) is 13.3. The van der Waals surface area contributed by atoms with E-state index in [1.54, 1.807) is 13.2 Å². The molecule has 122 valence electrons. The van der Waals surface area contributed by atoms with Gasteiger partial charge in [-0.2, -0.15) is 0 Å². The largest absolute Gasteiger partial charge is 0.496 e. The lowest BCUT2D eigenvalue weighted by Gasteiger charge is -2.35. The molecule has 0 aromatic heterocycles. The molecule has 1 aromatic carbocycles. The molecule has 1 amide bonds. The van der Waals surface area contributed by atoms with Gasteiger partial charge >= 0.3 is 0 Å². The SMILES string of the molecule is CNCCC(=O)N1CCN(Cc2cc(F)ccc2OC)CC1. The molecule has 1 aliphatic rings. The van der Waals surface area contributed by atoms with Crippen LogP contribution in [0.15, 0.2) is 18.2 Å². The van der Waals surface area contributed by atoms with Crippen molar-refractivity contribution in [2.75, 3.05) is 46.9 Å². The molecule has 2 rings (SSSR count). The Bertz CT molecular complexity index is 502. The fourth-order valence-electron chi connectivity index (χ4n) is 2.66. The van der Waals surface area contributed by atoms with E-state index in [0.29, 0.717) is 25.3 Å². The van der Waals surface area contributed by atoms with Gasteiger partial charge in [-0.1, -0.05) is 0 Å². The molecule has 0 saturated carbocycles. The fraction of sp³-hybridized carbons (Fsp3) is 0.562. The van der Waals surface area contributed by atoms with Crippen LogP contribution >= 0.6 is 0 Å². The Morgan fingerprint density at radius 3 is 2.68 bits per heavy atom. The monoisotopic (exact) mass is 309 g/mol. The van der Waals surface area contributed by atoms with Crippen LogP contribution in [0.25, 0.3) is 0 Å². The standard InChI is InChI=1S/C16H24FN3O2/c1-18-6-5-16(21)20-9-7-19(8-10-20)12-13-11-14(17)3-4-15(13)22-2/h3-4,11,18H,5-10,12H2,1-2H3. The number of nitrogens with one attached hydrogen (secondary N) is 1. The van der Waals surface area contributed by atoms with Gasteiger partial charge in [-0.05, 0) is 25.2 Å². The number of carbonyl (C=O) groups excluding carboxylic acids is 1. The first-order valence-electron chi connectivity index (χ1n) is 7.61. The van der Waals surface area contributed by atoms with Crippen molar-refractivity contribution < 1.29 is 13.9 Å². The molecular weight excluding hydrogens is 285 g/mol. The average Bonchev–Trinajstić information content (AvgIpc) is 2.53. The number of methoxy groups -OCH3 is 1. The fourth-order valence-corrected chi connectivity index (χ4v) is 2.66. The minimum absolute atomic E-state index is 0.192. The zero-order valence-electron chi connectivity index (χ0n) is 13.3. The minimum atomic E-state index is -0.253. The lowest BCUT2D eigenvalue weighted by atomic mass is 10.1. The molecule has 22 heavy (non-hydrogen) atoms. The maximum atomic E-state index is 13.4. The van der Waals surface area contributed by atoms with E-state index in [2.05, 4.69) is 10.2 Å². The predicted octanol–water partition coefficient (Wildman–Crippen LogP) is 1.09. The number of nitrogens with zero attached hydrogens (tertiary/aromatic N) is 2. The van der Waals surface area contributed by atoms with Crippen molar-refractivity contribution in [2.24, 2.45) is 0 Å². The van der Waals surface area contributed by atoms with E-state index in [0.717, 1.165) is 31.7 Å². The third-order valence-electron chi connectivity index (χ3n) is 3.95. The number of ether oxygens (including phenoxy) is 1. The Morgan fingerprint density at radius 1 is 1.32 bits per heavy atom. The van der Waals surface area contributed by atoms with Crippen LogP contribution in [0, 0.1) is 5.82 Å². The summed E-state index contributed by atoms with van der Waals surface area (Å²) < 4.78 is 18.7. The van der Waals surface area contributed by atoms with Gasteiger partial charge in [-0.15, -0.1) is 0 Å². The molecule has 1 heterocycles. The predicted molar refractivity (Wildman–Crippen MR) is 83.4 cm³/mol. The molecule has 1 fully saturated rings. The van der Waals surface area contributed by atoms with Crippen LogP contribution in [0.4, 0.5) is 4.39 Å². The van der Waals surface area contributed by atoms with Gasteiger partial charge in [0.2, 0.25) is 5.91 Å². The molecule has 0 bridgehead atoms. The van der Waals surface area contributed by atoms with Gasteiger partial charge in [-0.3, -0.25) is 9.69 Å². The van der Waals surface area contributed by atoms with E-state index >= 15 is 0 Å². The Labute approximate surface area is 131 Å². The highest BCUT2D eigenvalue weighted by Gasteiger charge is 2.21. The summed E-state index contributed by atoms with van der Waals surface area (Å²) in [6.07, 6.45) is 0.536. The first kappa shape index (κ1) is 16.7. The van der Waals surface area contributed by atoms with Gasteiger partial charge in [0.25, 0.3) is 0 Å². The number of piperazine rings is 1. The van der Waals surface area contributed by atoms with Crippen LogP contribution in [-0.4, -0.2) is 62.6 Å². The summed E-state index contributed by atoms with van der Waals surface area (Å²) in [6.45, 7) is 4.38. The van der Waals surface area contributed by atoms with Crippen LogP contribution in [0.1, 0.15) is 12.0 Å². The van der Waals surface area contributed by atoms with Crippen LogP contribution in [0.5, 0.6) is 5.75 Å². The molecule has 1 aliphatic heterocycles. The first-order chi connectivity index (χ1) is 10.6. The van der Waals surface area contributed by atoms with E-state index in [9.17, 15) is 9.18 Å². The quantitative estimate of drug-likeness (QED) is 0.854. The number of amides is 1. The smallest absolute Gasteiger partial charge is 0.223 e. The van der Waals surface area contributed by atoms with Gasteiger partial charge in [-0.25, -0.2) is 4.39 Å². The molecular formula is C16H24FN3O2. The molecule has 0 radical (unpaired) electrons. The normalized spacial score (nSPS) is 15.9. The van der Waals surface area contributed by atoms with Crippen molar-refractivity contribution in [1.82, 2.24) is 15.1 Å². The Kier molecular flexibility index (Phi) is 6.15. The molecule has 1 N–H and O–H groups in total. The highest BCUT2D eigenvalue weighted by atomic mass is 19.1. The van der Waals surface area contributed by atoms with E-state index in [1.165, 1.54) is 12.1 Å². The van der Waals surface area contributed by atoms with Gasteiger partial charge < -0.3 is 15.0 Å². The number of rotatable bonds is 6. The molecule has 1 saturated heterocycles. The van der Waals surface area contributed by atoms with E-state index in [4.69, 9.17) is 4.74 Å². The molecule has 6 heteroatoms. The molecule has 0 atom stereocenters. The van der Waals surface area contributed by atoms with E-state index in [-0.39, 0.29) is 11.7 Å². The second-order valence-corrected chi connectivity index (χ2v) is 5.47. The topological polar surface area (TPSA) is 44.8 Å². The number of carbonyl (C=O) groups is 1. The second-order valence-electron chi connectivity index (χ2n) is 5.47. The molecule has 0 aliphatic carbocycles. The summed E-state index contributed by atoms with van der Waals surface area (Å²) in [5.41, 5.74) is 0.845. The van der Waals surface area contributed by atoms with E-state index < -0.39 is 0 Å². The second kappa shape index (κ2) is 8.10. The number of halogens is 1. The molecule has 0 spiro atoms. The maximum absolute atomic E-state index is 13.4. The van der Waals surface area contributed by atoms with Crippen LogP contribution in [-0.2, 0) is 11.3 Å². The van der Waals surface area contributed by atoms with Gasteiger partial charge in [0, 0.05) is 51.3 Å². The van der Waals surface area contributed by atoms with Gasteiger partial charge in [0.05, 0.1) is 7.11 Å². The van der Waals surface area contributed by atoms with Crippen LogP contribution < -0.4 is 10.1 Å². The number of hydrogen-bond donors (Lipinski definition) is 1. The summed E-state index contributed by atoms with van der Waals surface area (Å²) in [7, 11) is 3.44. The third kappa shape index (κ3) is 4.42. The summed E-state index contributed by atoms with van der Waals surface area (Å²) in [4.78, 5) is 16.1. The van der Waals surface area contributed by atoms with Crippen molar-refractivity contribution in [3.05, 3.63) is 29.6 Å². The van der Waals surface area contributed by atoms with Crippen molar-refractivity contribution in [2.45, 2.75) is 13.0 Å². The molecule has 5 nitrogen and oxygen atoms in total. The summed E-state index contributed by atoms with van der Waals surface area (Å²) in [6, 6.07) is 4.58. The zero-order chi connectivity index (χ0) is 15.9. The van der Waals surface area contributed by atoms with Crippen molar-refractivity contribution in [3.8, 4) is 5.75 Å². The maximum Gasteiger partial charge on any atom is 0.223 e. The third-order valence-corrected chi connectivity index (χ3v) is 3.95. The summed E-state index contributed by atoms with van der Waals surface area (Å²) in [5, 5.41) is 2.99. The highest BCUT2D eigenvalue weighted by Crippen LogP contribution is 2.21. The Hall–Kier alpha value is -1.66. The van der Waals surface area contributed by atoms with Crippen LogP contribution in [0.3, 0.4) is 0 Å². The Balaban J connectivity index is 1.87. The van der Waals surface area contributed by atoms with Gasteiger partial charge in [0.1, 0.15) is 11.6 Å². The van der Waals surface area contributed by atoms with Crippen LogP contribution in [0.2, 0.25) is 0 Å². The number of benzene rings is 1. The lowest BCUT2D eigenvalue weighted by molar-refractivity contribution is -0.132. The highest BCUT2D eigenvalue weighted by molar-refractivity contribution is 5.76. The lowest BCUT2D eigenvalue weighted by Crippen LogP contribution is -2.48. The first-order valence-corrected chi connectivity index (χ1v) is 7.61. The number of hydrogen-bond acceptors (Lipinski definition) is 4. The Morgan fingerprint density at radius 2 is 2.05 bits per heavy atom. The van der Waals surface area contributed by atoms with E-state index in [1.807, 2.05) is 11.9 Å². The van der Waals surface area contributed by atoms with Crippen molar-refractivity contribution >= 4 is 5.91 Å². The minimum Gasteiger partial charge on any atom is -0.496 e. The average molecular weight is 309 g/mol. The van der Waals surface area contributed by atoms with Crippen molar-refractivity contribution in [1.29, 1.82) is 0 Å². The summed E-state index contributed by atoms with van der Waals surface area (Å²) in [5.74, 6) is 0.642. The van der Waals surface area contributed by atoms with Crippen molar-refractivity contribution in [3.63, 3.8) is 0 Å². The molecule has 0 unspecified atom stereocenters. The molecule has 1 aromatic rings. The van der Waals surface area contributed by atoms with Gasteiger partial charge in [0.15, 0.2) is 0 Å². The summed E-state index contributed by atoms with van der Waals surface area (Å²) >= 11 is 0.